The van der Waals surface area contributed by atoms with Crippen molar-refractivity contribution in [3.05, 3.63) is 287 Å². The molecule has 0 atom stereocenters. The zero-order valence-corrected chi connectivity index (χ0v) is 45.4. The first-order valence-corrected chi connectivity index (χ1v) is 28.9. The second kappa shape index (κ2) is 17.9. The van der Waals surface area contributed by atoms with E-state index in [9.17, 15) is 0 Å². The first kappa shape index (κ1) is 46.7. The second-order valence-electron chi connectivity index (χ2n) is 21.8. The molecule has 1 radical (unpaired) electrons. The van der Waals surface area contributed by atoms with Crippen molar-refractivity contribution in [2.75, 3.05) is 0 Å². The van der Waals surface area contributed by atoms with Gasteiger partial charge in [-0.1, -0.05) is 218 Å². The molecule has 14 aromatic rings. The summed E-state index contributed by atoms with van der Waals surface area (Å²) in [5.74, 6) is 0. The highest BCUT2D eigenvalue weighted by Crippen LogP contribution is 2.49. The molecule has 0 spiro atoms. The van der Waals surface area contributed by atoms with Crippen LogP contribution in [-0.4, -0.2) is 39.7 Å². The van der Waals surface area contributed by atoms with Crippen LogP contribution in [0.15, 0.2) is 253 Å². The van der Waals surface area contributed by atoms with E-state index >= 15 is 0 Å². The minimum absolute atomic E-state index is 0. The van der Waals surface area contributed by atoms with Crippen LogP contribution in [0.3, 0.4) is 0 Å². The fourth-order valence-corrected chi connectivity index (χ4v) is 15.6. The predicted molar refractivity (Wildman–Crippen MR) is 346 cm³/mol. The van der Waals surface area contributed by atoms with Crippen molar-refractivity contribution in [3.63, 3.8) is 0 Å². The molecule has 0 fully saturated rings. The molecule has 0 saturated heterocycles. The molecular weight excluding hydrogens is 1010 g/mol. The van der Waals surface area contributed by atoms with Crippen LogP contribution in [0.2, 0.25) is 0 Å². The summed E-state index contributed by atoms with van der Waals surface area (Å²) in [6.45, 7) is 0. The zero-order chi connectivity index (χ0) is 52.9. The molecule has 6 heterocycles. The minimum atomic E-state index is -0.758. The molecule has 6 bridgehead atoms. The van der Waals surface area contributed by atoms with Crippen LogP contribution in [0.25, 0.3) is 145 Å². The van der Waals surface area contributed by atoms with Crippen molar-refractivity contribution < 1.29 is 5.48 Å². The quantitative estimate of drug-likeness (QED) is 0.158. The highest BCUT2D eigenvalue weighted by atomic mass is 27.1. The summed E-state index contributed by atoms with van der Waals surface area (Å²) in [5.41, 5.74) is 20.1. The van der Waals surface area contributed by atoms with Crippen LogP contribution in [-0.2, 0) is 0 Å². The standard InChI is InChI=1S/C76H44N4.Al.H2O/c1-5-21-45(22-6-1)69-53-33-17-13-29-49(53)37-57-61-42-66-75-59(39-51-31-15-19-35-55(51)71(75)47-25-9-3-10-26-47)63(79-66)44-68-76-60(40-52-32-16-20-36-56(52)72(76)48-27-11-4-12-28-48)64(80-68)43-67-74-58(62(78-67)41-65(77-61)73(57)69)38-50-30-14-18-34-54(50)70(74)46-23-7-2-8-24-46;;/h1-44H;;1H2/q-2;+2;. The van der Waals surface area contributed by atoms with Gasteiger partial charge in [0.25, 0.3) is 0 Å². The van der Waals surface area contributed by atoms with Crippen LogP contribution < -0.4 is 10.7 Å². The van der Waals surface area contributed by atoms with Crippen molar-refractivity contribution in [2.45, 2.75) is 0 Å². The fraction of sp³-hybridized carbons (Fsp3) is 0. The van der Waals surface area contributed by atoms with Crippen LogP contribution in [0.1, 0.15) is 33.6 Å². The lowest BCUT2D eigenvalue weighted by molar-refractivity contribution is 0.824. The normalized spacial score (nSPS) is 13.6. The molecule has 2 aromatic heterocycles. The van der Waals surface area contributed by atoms with Gasteiger partial charge in [-0.25, -0.2) is 9.98 Å². The molecule has 6 heteroatoms. The molecular formula is C76H46AlN4O. The van der Waals surface area contributed by atoms with Gasteiger partial charge in [0, 0.05) is 65.9 Å². The van der Waals surface area contributed by atoms with Gasteiger partial charge < -0.3 is 12.6 Å². The Morgan fingerprint density at radius 3 is 1.26 bits per heavy atom. The fourth-order valence-electron chi connectivity index (χ4n) is 14.0. The maximum atomic E-state index is 5.96. The molecule has 379 valence electrons. The Kier molecular flexibility index (Phi) is 10.2. The first-order chi connectivity index (χ1) is 40.2. The summed E-state index contributed by atoms with van der Waals surface area (Å²) in [7, 11) is 0. The number of benzene rings is 12. The molecule has 18 rings (SSSR count). The van der Waals surface area contributed by atoms with Gasteiger partial charge >= 0.3 is 15.7 Å². The minimum Gasteiger partial charge on any atom is -0.420 e. The lowest BCUT2D eigenvalue weighted by Gasteiger charge is -2.15. The molecule has 2 N–H and O–H groups in total. The van der Waals surface area contributed by atoms with Crippen molar-refractivity contribution in [2.24, 2.45) is 9.98 Å². The van der Waals surface area contributed by atoms with E-state index in [1.165, 1.54) is 109 Å². The Morgan fingerprint density at radius 1 is 0.280 bits per heavy atom. The maximum absolute atomic E-state index is 5.96. The van der Waals surface area contributed by atoms with E-state index in [1.807, 2.05) is 0 Å². The number of aliphatic imine (C=N–C) groups is 2. The third-order valence-corrected chi connectivity index (χ3v) is 19.0. The summed E-state index contributed by atoms with van der Waals surface area (Å²) < 4.78 is 5.37. The van der Waals surface area contributed by atoms with E-state index in [2.05, 4.69) is 274 Å². The van der Waals surface area contributed by atoms with E-state index in [1.54, 1.807) is 0 Å². The Bertz CT molecular complexity index is 5400. The average molecular weight is 1060 g/mol. The summed E-state index contributed by atoms with van der Waals surface area (Å²) in [6, 6.07) is 89.4. The molecule has 4 aliphatic rings. The van der Waals surface area contributed by atoms with Crippen molar-refractivity contribution >= 4 is 127 Å². The number of hydrogen-bond acceptors (Lipinski definition) is 2. The van der Waals surface area contributed by atoms with Gasteiger partial charge in [0.05, 0.1) is 22.8 Å². The highest BCUT2D eigenvalue weighted by molar-refractivity contribution is 6.41. The van der Waals surface area contributed by atoms with Gasteiger partial charge in [0.1, 0.15) is 0 Å². The Morgan fingerprint density at radius 2 is 0.695 bits per heavy atom. The lowest BCUT2D eigenvalue weighted by atomic mass is 9.87. The smallest absolute Gasteiger partial charge is 0.420 e. The molecule has 82 heavy (non-hydrogen) atoms. The van der Waals surface area contributed by atoms with Crippen molar-refractivity contribution in [3.8, 4) is 44.5 Å². The zero-order valence-electron chi connectivity index (χ0n) is 44.3. The molecule has 12 aromatic carbocycles. The number of fused-ring (bicyclic) bond motifs is 18. The van der Waals surface area contributed by atoms with Crippen molar-refractivity contribution in [1.29, 1.82) is 0 Å². The van der Waals surface area contributed by atoms with Gasteiger partial charge in [-0.2, -0.15) is 0 Å². The summed E-state index contributed by atoms with van der Waals surface area (Å²) >= 11 is -0.758. The Hall–Kier alpha value is -10.2. The van der Waals surface area contributed by atoms with E-state index in [0.717, 1.165) is 67.2 Å². The number of hydrogen-bond donors (Lipinski definition) is 0. The van der Waals surface area contributed by atoms with Gasteiger partial charge in [-0.15, -0.1) is 0 Å². The molecule has 0 unspecified atom stereocenters. The van der Waals surface area contributed by atoms with Gasteiger partial charge in [-0.3, -0.25) is 0 Å². The second-order valence-corrected chi connectivity index (χ2v) is 23.0. The van der Waals surface area contributed by atoms with Crippen molar-refractivity contribution in [1.82, 2.24) is 7.10 Å². The van der Waals surface area contributed by atoms with E-state index in [0.29, 0.717) is 0 Å². The van der Waals surface area contributed by atoms with Crippen LogP contribution in [0.5, 0.6) is 0 Å². The third kappa shape index (κ3) is 6.72. The number of nitrogens with zero attached hydrogens (tertiary/aromatic N) is 4. The van der Waals surface area contributed by atoms with Gasteiger partial charge in [0.15, 0.2) is 0 Å². The Balaban J connectivity index is 0.00000534. The predicted octanol–water partition coefficient (Wildman–Crippen LogP) is 16.2. The van der Waals surface area contributed by atoms with Crippen LogP contribution in [0.4, 0.5) is 0 Å². The lowest BCUT2D eigenvalue weighted by Crippen LogP contribution is -2.37. The van der Waals surface area contributed by atoms with E-state index in [-0.39, 0.29) is 5.48 Å². The summed E-state index contributed by atoms with van der Waals surface area (Å²) in [4.78, 5) is 11.9. The molecule has 0 aliphatic carbocycles. The maximum Gasteiger partial charge on any atom is 0.564 e. The third-order valence-electron chi connectivity index (χ3n) is 17.4. The molecule has 0 saturated carbocycles. The Labute approximate surface area is 478 Å². The first-order valence-electron chi connectivity index (χ1n) is 27.9. The summed E-state index contributed by atoms with van der Waals surface area (Å²) in [6.07, 6.45) is 9.75. The number of aromatic nitrogens is 2. The van der Waals surface area contributed by atoms with Gasteiger partial charge in [-0.05, 0) is 136 Å². The van der Waals surface area contributed by atoms with Crippen LogP contribution >= 0.6 is 0 Å². The monoisotopic (exact) mass is 1060 g/mol. The van der Waals surface area contributed by atoms with Crippen LogP contribution in [0, 0.1) is 0 Å². The molecule has 0 amide bonds. The summed E-state index contributed by atoms with van der Waals surface area (Å²) in [5, 5.41) is 16.6. The SMILES string of the molecule is C1=C2N=C(C=c3c4cc5ccccc5c(-c5ccccc5)c4c4[n]3[Al][n]3c(c5cc6ccccc6c(-c6ccccc6)c5c31)C=C1N=C(C=4)c3cc4ccccc4c(-c4ccccc4)c31)c1c2cc2ccccc2c1-c1ccccc1.O. The largest absolute Gasteiger partial charge is 0.564 e. The van der Waals surface area contributed by atoms with Gasteiger partial charge in [0.2, 0.25) is 0 Å². The highest BCUT2D eigenvalue weighted by Gasteiger charge is 2.33. The van der Waals surface area contributed by atoms with E-state index < -0.39 is 15.7 Å². The van der Waals surface area contributed by atoms with E-state index in [4.69, 9.17) is 9.98 Å². The number of rotatable bonds is 4. The molecule has 5 nitrogen and oxygen atoms in total. The average Bonchev–Trinajstić information content (AvgIpc) is 4.31. The topological polar surface area (TPSA) is 66.1 Å². The molecule has 4 aliphatic heterocycles.